The Kier molecular flexibility index (Phi) is 4.63. The number of nitrogens with one attached hydrogen (secondary N) is 1. The number of halogens is 1. The Balaban J connectivity index is 2.15. The summed E-state index contributed by atoms with van der Waals surface area (Å²) in [6.45, 7) is 2.21. The first-order valence-electron chi connectivity index (χ1n) is 6.10. The summed E-state index contributed by atoms with van der Waals surface area (Å²) in [7, 11) is -3.69. The Morgan fingerprint density at radius 1 is 1.52 bits per heavy atom. The normalized spacial score (nSPS) is 12.8. The third kappa shape index (κ3) is 3.82. The average molecular weight is 325 g/mol. The van der Waals surface area contributed by atoms with Crippen LogP contribution in [0.25, 0.3) is 0 Å². The van der Waals surface area contributed by atoms with E-state index in [0.29, 0.717) is 6.54 Å². The predicted octanol–water partition coefficient (Wildman–Crippen LogP) is 1.78. The van der Waals surface area contributed by atoms with Crippen LogP contribution in [0, 0.1) is 11.3 Å². The summed E-state index contributed by atoms with van der Waals surface area (Å²) in [5, 5.41) is 8.91. The van der Waals surface area contributed by atoms with Crippen LogP contribution in [0.4, 0.5) is 0 Å². The zero-order valence-electron chi connectivity index (χ0n) is 11.2. The molecular weight excluding hydrogens is 312 g/mol. The van der Waals surface area contributed by atoms with Crippen LogP contribution in [-0.2, 0) is 16.6 Å². The molecule has 1 aromatic heterocycles. The molecule has 1 unspecified atom stereocenters. The Morgan fingerprint density at radius 3 is 2.86 bits per heavy atom. The van der Waals surface area contributed by atoms with Gasteiger partial charge in [-0.1, -0.05) is 11.6 Å². The van der Waals surface area contributed by atoms with Crippen molar-refractivity contribution >= 4 is 21.6 Å². The molecule has 8 heteroatoms. The van der Waals surface area contributed by atoms with Crippen molar-refractivity contribution in [3.8, 4) is 6.07 Å². The van der Waals surface area contributed by atoms with Crippen LogP contribution in [0.1, 0.15) is 12.5 Å². The van der Waals surface area contributed by atoms with Crippen molar-refractivity contribution < 1.29 is 8.42 Å². The lowest BCUT2D eigenvalue weighted by atomic mass is 10.2. The number of benzene rings is 1. The van der Waals surface area contributed by atoms with Crippen LogP contribution in [0.5, 0.6) is 0 Å². The Labute approximate surface area is 128 Å². The van der Waals surface area contributed by atoms with Crippen molar-refractivity contribution in [1.29, 1.82) is 5.26 Å². The molecule has 6 nitrogen and oxygen atoms in total. The molecule has 1 aromatic carbocycles. The van der Waals surface area contributed by atoms with Gasteiger partial charge in [0, 0.05) is 25.0 Å². The number of rotatable bonds is 5. The van der Waals surface area contributed by atoms with Gasteiger partial charge in [-0.15, -0.1) is 0 Å². The first-order valence-corrected chi connectivity index (χ1v) is 7.96. The molecule has 0 fully saturated rings. The summed E-state index contributed by atoms with van der Waals surface area (Å²) in [6, 6.07) is 5.58. The molecule has 0 saturated heterocycles. The molecule has 2 rings (SSSR count). The smallest absolute Gasteiger partial charge is 0.240 e. The summed E-state index contributed by atoms with van der Waals surface area (Å²) in [6.07, 6.45) is 4.99. The maximum Gasteiger partial charge on any atom is 0.240 e. The summed E-state index contributed by atoms with van der Waals surface area (Å²) in [5.74, 6) is 0. The van der Waals surface area contributed by atoms with E-state index in [1.165, 1.54) is 18.2 Å². The van der Waals surface area contributed by atoms with Gasteiger partial charge in [0.15, 0.2) is 0 Å². The molecule has 0 bridgehead atoms. The van der Waals surface area contributed by atoms with E-state index < -0.39 is 10.0 Å². The molecule has 0 aliphatic heterocycles. The Bertz CT molecular complexity index is 766. The van der Waals surface area contributed by atoms with Crippen molar-refractivity contribution in [3.63, 3.8) is 0 Å². The van der Waals surface area contributed by atoms with Gasteiger partial charge in [0.05, 0.1) is 21.8 Å². The molecule has 0 saturated carbocycles. The summed E-state index contributed by atoms with van der Waals surface area (Å²) < 4.78 is 28.8. The number of hydrogen-bond acceptors (Lipinski definition) is 4. The maximum atomic E-state index is 12.2. The van der Waals surface area contributed by atoms with Gasteiger partial charge in [-0.3, -0.25) is 0 Å². The van der Waals surface area contributed by atoms with Crippen LogP contribution in [0.2, 0.25) is 5.02 Å². The fraction of sp³-hybridized carbons (Fsp3) is 0.231. The van der Waals surface area contributed by atoms with Gasteiger partial charge in [-0.2, -0.15) is 5.26 Å². The first-order chi connectivity index (χ1) is 9.92. The van der Waals surface area contributed by atoms with Crippen molar-refractivity contribution in [2.45, 2.75) is 24.4 Å². The van der Waals surface area contributed by atoms with Crippen molar-refractivity contribution in [3.05, 3.63) is 47.5 Å². The third-order valence-corrected chi connectivity index (χ3v) is 4.67. The highest BCUT2D eigenvalue weighted by Crippen LogP contribution is 2.20. The summed E-state index contributed by atoms with van der Waals surface area (Å²) in [4.78, 5) is 3.93. The molecule has 2 aromatic rings. The number of imidazole rings is 1. The molecule has 0 radical (unpaired) electrons. The topological polar surface area (TPSA) is 87.8 Å². The molecule has 21 heavy (non-hydrogen) atoms. The third-order valence-electron chi connectivity index (χ3n) is 2.77. The molecular formula is C13H13ClN4O2S. The van der Waals surface area contributed by atoms with Crippen LogP contribution >= 0.6 is 11.6 Å². The van der Waals surface area contributed by atoms with E-state index in [1.54, 1.807) is 30.2 Å². The molecule has 110 valence electrons. The van der Waals surface area contributed by atoms with E-state index in [1.807, 2.05) is 6.07 Å². The second-order valence-electron chi connectivity index (χ2n) is 4.54. The van der Waals surface area contributed by atoms with Crippen molar-refractivity contribution in [2.24, 2.45) is 0 Å². The van der Waals surface area contributed by atoms with Gasteiger partial charge in [-0.05, 0) is 25.1 Å². The van der Waals surface area contributed by atoms with Gasteiger partial charge >= 0.3 is 0 Å². The van der Waals surface area contributed by atoms with E-state index >= 15 is 0 Å². The standard InChI is InChI=1S/C13H13ClN4O2S/c1-10(8-18-5-4-16-9-18)17-21(19,20)12-3-2-11(7-15)13(14)6-12/h2-6,9-10,17H,8H2,1H3. The lowest BCUT2D eigenvalue weighted by molar-refractivity contribution is 0.520. The van der Waals surface area contributed by atoms with Gasteiger partial charge < -0.3 is 4.57 Å². The predicted molar refractivity (Wildman–Crippen MR) is 78.2 cm³/mol. The fourth-order valence-electron chi connectivity index (χ4n) is 1.83. The largest absolute Gasteiger partial charge is 0.336 e. The average Bonchev–Trinajstić information content (AvgIpc) is 2.90. The number of nitriles is 1. The highest BCUT2D eigenvalue weighted by Gasteiger charge is 2.18. The lowest BCUT2D eigenvalue weighted by Gasteiger charge is -2.15. The molecule has 1 N–H and O–H groups in total. The molecule has 0 aliphatic carbocycles. The minimum Gasteiger partial charge on any atom is -0.336 e. The van der Waals surface area contributed by atoms with Gasteiger partial charge in [0.2, 0.25) is 10.0 Å². The van der Waals surface area contributed by atoms with Gasteiger partial charge in [0.1, 0.15) is 6.07 Å². The molecule has 1 atom stereocenters. The van der Waals surface area contributed by atoms with Crippen LogP contribution in [0.3, 0.4) is 0 Å². The summed E-state index contributed by atoms with van der Waals surface area (Å²) in [5.41, 5.74) is 0.238. The highest BCUT2D eigenvalue weighted by atomic mass is 35.5. The van der Waals surface area contributed by atoms with E-state index in [4.69, 9.17) is 16.9 Å². The van der Waals surface area contributed by atoms with Gasteiger partial charge in [0.25, 0.3) is 0 Å². The molecule has 0 spiro atoms. The first kappa shape index (κ1) is 15.5. The minimum atomic E-state index is -3.69. The minimum absolute atomic E-state index is 0.0315. The maximum absolute atomic E-state index is 12.2. The quantitative estimate of drug-likeness (QED) is 0.908. The van der Waals surface area contributed by atoms with E-state index in [2.05, 4.69) is 9.71 Å². The number of aromatic nitrogens is 2. The van der Waals surface area contributed by atoms with Crippen LogP contribution in [-0.4, -0.2) is 24.0 Å². The SMILES string of the molecule is CC(Cn1ccnc1)NS(=O)(=O)c1ccc(C#N)c(Cl)c1. The van der Waals surface area contributed by atoms with Crippen LogP contribution in [0.15, 0.2) is 41.8 Å². The fourth-order valence-corrected chi connectivity index (χ4v) is 3.38. The van der Waals surface area contributed by atoms with Crippen molar-refractivity contribution in [1.82, 2.24) is 14.3 Å². The number of hydrogen-bond donors (Lipinski definition) is 1. The van der Waals surface area contributed by atoms with E-state index in [9.17, 15) is 8.42 Å². The zero-order chi connectivity index (χ0) is 15.5. The second-order valence-corrected chi connectivity index (χ2v) is 6.66. The number of sulfonamides is 1. The number of nitrogens with zero attached hydrogens (tertiary/aromatic N) is 3. The Hall–Kier alpha value is -1.88. The lowest BCUT2D eigenvalue weighted by Crippen LogP contribution is -2.35. The van der Waals surface area contributed by atoms with E-state index in [0.717, 1.165) is 0 Å². The Morgan fingerprint density at radius 2 is 2.29 bits per heavy atom. The monoisotopic (exact) mass is 324 g/mol. The molecule has 1 heterocycles. The second kappa shape index (κ2) is 6.26. The summed E-state index contributed by atoms with van der Waals surface area (Å²) >= 11 is 5.86. The van der Waals surface area contributed by atoms with Crippen molar-refractivity contribution in [2.75, 3.05) is 0 Å². The molecule has 0 amide bonds. The highest BCUT2D eigenvalue weighted by molar-refractivity contribution is 7.89. The van der Waals surface area contributed by atoms with E-state index in [-0.39, 0.29) is 21.5 Å². The molecule has 0 aliphatic rings. The zero-order valence-corrected chi connectivity index (χ0v) is 12.8. The van der Waals surface area contributed by atoms with Crippen LogP contribution < -0.4 is 4.72 Å². The van der Waals surface area contributed by atoms with Gasteiger partial charge in [-0.25, -0.2) is 18.1 Å².